The minimum absolute atomic E-state index is 0.197. The monoisotopic (exact) mass is 216 g/mol. The highest BCUT2D eigenvalue weighted by Gasteiger charge is 2.15. The third-order valence-corrected chi connectivity index (χ3v) is 1.69. The molecule has 0 aromatic heterocycles. The van der Waals surface area contributed by atoms with Gasteiger partial charge in [-0.2, -0.15) is 0 Å². The first-order valence-corrected chi connectivity index (χ1v) is 5.18. The summed E-state index contributed by atoms with van der Waals surface area (Å²) in [6, 6.07) is -0.567. The van der Waals surface area contributed by atoms with Crippen LogP contribution in [0.5, 0.6) is 0 Å². The molecule has 15 heavy (non-hydrogen) atoms. The fourth-order valence-corrected chi connectivity index (χ4v) is 0.873. The number of carbonyl (C=O) groups excluding carboxylic acids is 2. The molecule has 0 radical (unpaired) electrons. The van der Waals surface area contributed by atoms with Crippen molar-refractivity contribution in [3.63, 3.8) is 0 Å². The third-order valence-electron chi connectivity index (χ3n) is 1.69. The van der Waals surface area contributed by atoms with E-state index < -0.39 is 12.1 Å². The summed E-state index contributed by atoms with van der Waals surface area (Å²) < 4.78 is 4.66. The summed E-state index contributed by atoms with van der Waals surface area (Å²) >= 11 is 0. The van der Waals surface area contributed by atoms with Crippen LogP contribution in [-0.2, 0) is 9.53 Å². The molecule has 2 amide bonds. The summed E-state index contributed by atoms with van der Waals surface area (Å²) in [5, 5.41) is 5.15. The predicted molar refractivity (Wildman–Crippen MR) is 57.5 cm³/mol. The van der Waals surface area contributed by atoms with Gasteiger partial charge >= 0.3 is 6.09 Å². The van der Waals surface area contributed by atoms with Crippen LogP contribution < -0.4 is 10.6 Å². The van der Waals surface area contributed by atoms with Gasteiger partial charge in [0.1, 0.15) is 6.04 Å². The molecular weight excluding hydrogens is 196 g/mol. The molecule has 0 rings (SSSR count). The topological polar surface area (TPSA) is 67.4 Å². The second kappa shape index (κ2) is 7.09. The van der Waals surface area contributed by atoms with Gasteiger partial charge < -0.3 is 15.4 Å². The first kappa shape index (κ1) is 13.7. The number of ether oxygens (including phenoxy) is 1. The highest BCUT2D eigenvalue weighted by Crippen LogP contribution is 1.90. The van der Waals surface area contributed by atoms with Crippen molar-refractivity contribution in [3.05, 3.63) is 0 Å². The van der Waals surface area contributed by atoms with E-state index >= 15 is 0 Å². The lowest BCUT2D eigenvalue weighted by Crippen LogP contribution is -2.45. The van der Waals surface area contributed by atoms with Crippen LogP contribution in [0.2, 0.25) is 0 Å². The van der Waals surface area contributed by atoms with E-state index in [9.17, 15) is 9.59 Å². The average molecular weight is 216 g/mol. The zero-order valence-corrected chi connectivity index (χ0v) is 9.79. The number of hydrogen-bond donors (Lipinski definition) is 2. The Morgan fingerprint density at radius 1 is 1.27 bits per heavy atom. The van der Waals surface area contributed by atoms with Gasteiger partial charge in [-0.05, 0) is 19.8 Å². The summed E-state index contributed by atoms with van der Waals surface area (Å²) in [7, 11) is 0. The Balaban J connectivity index is 3.83. The molecule has 88 valence electrons. The molecule has 0 aliphatic rings. The predicted octanol–water partition coefficient (Wildman–Crippen LogP) is 0.893. The van der Waals surface area contributed by atoms with E-state index in [0.29, 0.717) is 19.1 Å². The van der Waals surface area contributed by atoms with Crippen LogP contribution in [0.1, 0.15) is 27.7 Å². The lowest BCUT2D eigenvalue weighted by Gasteiger charge is -2.14. The number of amides is 2. The maximum atomic E-state index is 11.4. The molecule has 0 saturated carbocycles. The SMILES string of the molecule is CCOC(=O)NC(C)C(=O)NCC(C)C. The summed E-state index contributed by atoms with van der Waals surface area (Å²) in [5.41, 5.74) is 0. The van der Waals surface area contributed by atoms with Crippen molar-refractivity contribution in [2.45, 2.75) is 33.7 Å². The molecule has 0 bridgehead atoms. The van der Waals surface area contributed by atoms with Crippen molar-refractivity contribution in [2.75, 3.05) is 13.2 Å². The van der Waals surface area contributed by atoms with E-state index in [2.05, 4.69) is 15.4 Å². The largest absolute Gasteiger partial charge is 0.450 e. The van der Waals surface area contributed by atoms with Crippen molar-refractivity contribution in [2.24, 2.45) is 5.92 Å². The number of alkyl carbamates (subject to hydrolysis) is 1. The zero-order chi connectivity index (χ0) is 11.8. The van der Waals surface area contributed by atoms with Crippen molar-refractivity contribution >= 4 is 12.0 Å². The quantitative estimate of drug-likeness (QED) is 0.717. The lowest BCUT2D eigenvalue weighted by molar-refractivity contribution is -0.122. The van der Waals surface area contributed by atoms with Gasteiger partial charge in [0.2, 0.25) is 5.91 Å². The average Bonchev–Trinajstić information content (AvgIpc) is 2.14. The Morgan fingerprint density at radius 2 is 1.87 bits per heavy atom. The van der Waals surface area contributed by atoms with Gasteiger partial charge in [0, 0.05) is 6.54 Å². The van der Waals surface area contributed by atoms with Crippen LogP contribution >= 0.6 is 0 Å². The number of hydrogen-bond acceptors (Lipinski definition) is 3. The molecule has 0 spiro atoms. The molecule has 2 N–H and O–H groups in total. The van der Waals surface area contributed by atoms with Gasteiger partial charge in [-0.3, -0.25) is 4.79 Å². The first-order valence-electron chi connectivity index (χ1n) is 5.18. The molecule has 1 atom stereocenters. The van der Waals surface area contributed by atoms with Crippen LogP contribution in [0.15, 0.2) is 0 Å². The molecule has 0 aliphatic heterocycles. The third kappa shape index (κ3) is 6.76. The standard InChI is InChI=1S/C10H20N2O3/c1-5-15-10(14)12-8(4)9(13)11-6-7(2)3/h7-8H,5-6H2,1-4H3,(H,11,13)(H,12,14). The molecular formula is C10H20N2O3. The van der Waals surface area contributed by atoms with E-state index in [1.165, 1.54) is 0 Å². The summed E-state index contributed by atoms with van der Waals surface area (Å²) in [6.07, 6.45) is -0.565. The molecule has 0 aromatic carbocycles. The summed E-state index contributed by atoms with van der Waals surface area (Å²) in [6.45, 7) is 8.24. The number of carbonyl (C=O) groups is 2. The fraction of sp³-hybridized carbons (Fsp3) is 0.800. The highest BCUT2D eigenvalue weighted by atomic mass is 16.5. The van der Waals surface area contributed by atoms with E-state index in [1.54, 1.807) is 13.8 Å². The highest BCUT2D eigenvalue weighted by molar-refractivity contribution is 5.85. The summed E-state index contributed by atoms with van der Waals surface area (Å²) in [5.74, 6) is 0.195. The normalized spacial score (nSPS) is 12.1. The minimum atomic E-state index is -0.567. The maximum absolute atomic E-state index is 11.4. The molecule has 0 heterocycles. The maximum Gasteiger partial charge on any atom is 0.407 e. The van der Waals surface area contributed by atoms with Crippen LogP contribution in [0.25, 0.3) is 0 Å². The van der Waals surface area contributed by atoms with Crippen molar-refractivity contribution in [3.8, 4) is 0 Å². The molecule has 5 nitrogen and oxygen atoms in total. The first-order chi connectivity index (χ1) is 6.97. The van der Waals surface area contributed by atoms with Gasteiger partial charge in [-0.15, -0.1) is 0 Å². The Hall–Kier alpha value is -1.26. The van der Waals surface area contributed by atoms with Crippen LogP contribution in [0.3, 0.4) is 0 Å². The Morgan fingerprint density at radius 3 is 2.33 bits per heavy atom. The number of nitrogens with one attached hydrogen (secondary N) is 2. The Kier molecular flexibility index (Phi) is 6.49. The van der Waals surface area contributed by atoms with Gasteiger partial charge in [0.15, 0.2) is 0 Å². The molecule has 0 fully saturated rings. The van der Waals surface area contributed by atoms with E-state index in [1.807, 2.05) is 13.8 Å². The molecule has 1 unspecified atom stereocenters. The van der Waals surface area contributed by atoms with Gasteiger partial charge in [-0.25, -0.2) is 4.79 Å². The second-order valence-corrected chi connectivity index (χ2v) is 3.73. The Bertz CT molecular complexity index is 217. The van der Waals surface area contributed by atoms with E-state index in [4.69, 9.17) is 0 Å². The molecule has 0 aromatic rings. The second-order valence-electron chi connectivity index (χ2n) is 3.73. The van der Waals surface area contributed by atoms with E-state index in [-0.39, 0.29) is 5.91 Å². The Labute approximate surface area is 90.6 Å². The van der Waals surface area contributed by atoms with E-state index in [0.717, 1.165) is 0 Å². The van der Waals surface area contributed by atoms with Crippen molar-refractivity contribution in [1.29, 1.82) is 0 Å². The number of rotatable bonds is 5. The van der Waals surface area contributed by atoms with Gasteiger partial charge in [-0.1, -0.05) is 13.8 Å². The van der Waals surface area contributed by atoms with Crippen molar-refractivity contribution in [1.82, 2.24) is 10.6 Å². The fourth-order valence-electron chi connectivity index (χ4n) is 0.873. The lowest BCUT2D eigenvalue weighted by atomic mass is 10.2. The minimum Gasteiger partial charge on any atom is -0.450 e. The molecule has 5 heteroatoms. The van der Waals surface area contributed by atoms with Crippen LogP contribution in [0.4, 0.5) is 4.79 Å². The molecule has 0 saturated heterocycles. The van der Waals surface area contributed by atoms with Crippen LogP contribution in [-0.4, -0.2) is 31.2 Å². The van der Waals surface area contributed by atoms with Crippen molar-refractivity contribution < 1.29 is 14.3 Å². The molecule has 0 aliphatic carbocycles. The smallest absolute Gasteiger partial charge is 0.407 e. The summed E-state index contributed by atoms with van der Waals surface area (Å²) in [4.78, 5) is 22.4. The van der Waals surface area contributed by atoms with Crippen LogP contribution in [0, 0.1) is 5.92 Å². The zero-order valence-electron chi connectivity index (χ0n) is 9.79. The van der Waals surface area contributed by atoms with Gasteiger partial charge in [0.25, 0.3) is 0 Å². The van der Waals surface area contributed by atoms with Gasteiger partial charge in [0.05, 0.1) is 6.61 Å².